The van der Waals surface area contributed by atoms with Gasteiger partial charge in [-0.25, -0.2) is 4.79 Å². The van der Waals surface area contributed by atoms with Crippen molar-refractivity contribution < 1.29 is 19.1 Å². The van der Waals surface area contributed by atoms with E-state index in [0.717, 1.165) is 5.56 Å². The van der Waals surface area contributed by atoms with Gasteiger partial charge in [-0.05, 0) is 38.5 Å². The number of carbonyl (C=O) groups is 2. The van der Waals surface area contributed by atoms with Gasteiger partial charge in [0.1, 0.15) is 5.92 Å². The normalized spacial score (nSPS) is 20.5. The van der Waals surface area contributed by atoms with Crippen LogP contribution in [0.3, 0.4) is 0 Å². The summed E-state index contributed by atoms with van der Waals surface area (Å²) in [4.78, 5) is 29.2. The van der Waals surface area contributed by atoms with Gasteiger partial charge in [0, 0.05) is 22.3 Å². The molecule has 1 aromatic rings. The van der Waals surface area contributed by atoms with Crippen LogP contribution in [-0.4, -0.2) is 31.4 Å². The molecule has 0 radical (unpaired) electrons. The molecule has 0 saturated heterocycles. The van der Waals surface area contributed by atoms with Gasteiger partial charge in [0.25, 0.3) is 0 Å². The zero-order valence-corrected chi connectivity index (χ0v) is 14.9. The number of hydrogen-bond donors (Lipinski definition) is 0. The van der Waals surface area contributed by atoms with E-state index in [1.807, 2.05) is 0 Å². The number of rotatable bonds is 4. The Bertz CT molecular complexity index is 706. The van der Waals surface area contributed by atoms with E-state index in [0.29, 0.717) is 22.0 Å². The van der Waals surface area contributed by atoms with Crippen molar-refractivity contribution in [2.75, 3.05) is 13.7 Å². The summed E-state index contributed by atoms with van der Waals surface area (Å²) in [7, 11) is 1.31. The molecule has 2 rings (SSSR count). The van der Waals surface area contributed by atoms with Gasteiger partial charge < -0.3 is 9.47 Å². The first-order valence-electron chi connectivity index (χ1n) is 7.67. The van der Waals surface area contributed by atoms with Crippen molar-refractivity contribution in [1.82, 2.24) is 0 Å². The Hall–Kier alpha value is -2.14. The van der Waals surface area contributed by atoms with Gasteiger partial charge in [-0.1, -0.05) is 23.7 Å². The molecule has 1 unspecified atom stereocenters. The van der Waals surface area contributed by atoms with Gasteiger partial charge >= 0.3 is 11.9 Å². The van der Waals surface area contributed by atoms with E-state index in [4.69, 9.17) is 21.1 Å². The minimum absolute atomic E-state index is 0.256. The number of aliphatic imine (C=N–C) groups is 1. The molecule has 0 spiro atoms. The highest BCUT2D eigenvalue weighted by atomic mass is 35.5. The molecule has 24 heavy (non-hydrogen) atoms. The molecule has 0 saturated carbocycles. The Morgan fingerprint density at radius 3 is 2.38 bits per heavy atom. The molecule has 1 aromatic carbocycles. The van der Waals surface area contributed by atoms with Crippen LogP contribution in [-0.2, 0) is 19.1 Å². The summed E-state index contributed by atoms with van der Waals surface area (Å²) < 4.78 is 10.1. The van der Waals surface area contributed by atoms with Gasteiger partial charge in [-0.2, -0.15) is 0 Å². The van der Waals surface area contributed by atoms with E-state index in [9.17, 15) is 9.59 Å². The molecule has 0 amide bonds. The van der Waals surface area contributed by atoms with Crippen LogP contribution in [0.1, 0.15) is 32.3 Å². The predicted octanol–water partition coefficient (Wildman–Crippen LogP) is 3.52. The van der Waals surface area contributed by atoms with Gasteiger partial charge in [0.05, 0.1) is 19.3 Å². The SMILES string of the molecule is CCOC(=O)C1C(C)=NC(C)=C(C(=O)OC)[C@H]1c1ccc(Cl)cc1. The molecule has 5 nitrogen and oxygen atoms in total. The minimum Gasteiger partial charge on any atom is -0.466 e. The first-order valence-corrected chi connectivity index (χ1v) is 8.04. The molecule has 1 aliphatic heterocycles. The summed E-state index contributed by atoms with van der Waals surface area (Å²) in [6.07, 6.45) is 0. The maximum atomic E-state index is 12.5. The third-order valence-electron chi connectivity index (χ3n) is 4.00. The van der Waals surface area contributed by atoms with Crippen molar-refractivity contribution in [2.45, 2.75) is 26.7 Å². The van der Waals surface area contributed by atoms with Crippen molar-refractivity contribution in [3.63, 3.8) is 0 Å². The van der Waals surface area contributed by atoms with Crippen molar-refractivity contribution >= 4 is 29.3 Å². The second kappa shape index (κ2) is 7.62. The predicted molar refractivity (Wildman–Crippen MR) is 92.1 cm³/mol. The number of esters is 2. The van der Waals surface area contributed by atoms with Crippen LogP contribution < -0.4 is 0 Å². The van der Waals surface area contributed by atoms with Crippen molar-refractivity contribution in [3.05, 3.63) is 46.1 Å². The molecule has 0 fully saturated rings. The number of carbonyl (C=O) groups excluding carboxylic acids is 2. The van der Waals surface area contributed by atoms with E-state index in [2.05, 4.69) is 4.99 Å². The average Bonchev–Trinajstić information content (AvgIpc) is 2.54. The Morgan fingerprint density at radius 1 is 1.21 bits per heavy atom. The van der Waals surface area contributed by atoms with E-state index < -0.39 is 23.8 Å². The van der Waals surface area contributed by atoms with Crippen LogP contribution in [0, 0.1) is 5.92 Å². The molecule has 2 atom stereocenters. The molecular weight excluding hydrogens is 330 g/mol. The third-order valence-corrected chi connectivity index (χ3v) is 4.26. The number of ether oxygens (including phenoxy) is 2. The van der Waals surface area contributed by atoms with Gasteiger partial charge in [0.15, 0.2) is 0 Å². The Balaban J connectivity index is 2.62. The summed E-state index contributed by atoms with van der Waals surface area (Å²) >= 11 is 5.96. The summed E-state index contributed by atoms with van der Waals surface area (Å²) in [6, 6.07) is 7.05. The second-order valence-corrected chi connectivity index (χ2v) is 5.94. The Kier molecular flexibility index (Phi) is 5.78. The number of nitrogens with zero attached hydrogens (tertiary/aromatic N) is 1. The molecule has 0 N–H and O–H groups in total. The van der Waals surface area contributed by atoms with Crippen LogP contribution in [0.4, 0.5) is 0 Å². The quantitative estimate of drug-likeness (QED) is 0.780. The first-order chi connectivity index (χ1) is 11.4. The molecule has 1 aliphatic rings. The Labute approximate surface area is 146 Å². The van der Waals surface area contributed by atoms with Crippen LogP contribution in [0.5, 0.6) is 0 Å². The highest BCUT2D eigenvalue weighted by Gasteiger charge is 2.42. The van der Waals surface area contributed by atoms with Crippen LogP contribution in [0.2, 0.25) is 5.02 Å². The molecule has 6 heteroatoms. The molecular formula is C18H20ClNO4. The van der Waals surface area contributed by atoms with Gasteiger partial charge in [0.2, 0.25) is 0 Å². The molecule has 1 heterocycles. The lowest BCUT2D eigenvalue weighted by atomic mass is 9.75. The second-order valence-electron chi connectivity index (χ2n) is 5.50. The van der Waals surface area contributed by atoms with Gasteiger partial charge in [-0.3, -0.25) is 9.79 Å². The smallest absolute Gasteiger partial charge is 0.336 e. The lowest BCUT2D eigenvalue weighted by Gasteiger charge is -2.31. The number of allylic oxidation sites excluding steroid dienone is 1. The van der Waals surface area contributed by atoms with E-state index in [-0.39, 0.29) is 6.61 Å². The zero-order chi connectivity index (χ0) is 17.9. The van der Waals surface area contributed by atoms with Crippen LogP contribution in [0.15, 0.2) is 40.5 Å². The fourth-order valence-electron chi connectivity index (χ4n) is 2.98. The van der Waals surface area contributed by atoms with Crippen LogP contribution >= 0.6 is 11.6 Å². The Morgan fingerprint density at radius 2 is 1.83 bits per heavy atom. The lowest BCUT2D eigenvalue weighted by Crippen LogP contribution is -2.36. The van der Waals surface area contributed by atoms with E-state index in [1.165, 1.54) is 7.11 Å². The molecule has 0 aromatic heterocycles. The summed E-state index contributed by atoms with van der Waals surface area (Å²) in [6.45, 7) is 5.50. The van der Waals surface area contributed by atoms with Crippen molar-refractivity contribution in [1.29, 1.82) is 0 Å². The first kappa shape index (κ1) is 18.2. The highest BCUT2D eigenvalue weighted by Crippen LogP contribution is 2.40. The highest BCUT2D eigenvalue weighted by molar-refractivity contribution is 6.30. The fraction of sp³-hybridized carbons (Fsp3) is 0.389. The van der Waals surface area contributed by atoms with Gasteiger partial charge in [-0.15, -0.1) is 0 Å². The minimum atomic E-state index is -0.677. The van der Waals surface area contributed by atoms with E-state index >= 15 is 0 Å². The maximum Gasteiger partial charge on any atom is 0.336 e. The van der Waals surface area contributed by atoms with E-state index in [1.54, 1.807) is 45.0 Å². The zero-order valence-electron chi connectivity index (χ0n) is 14.1. The van der Waals surface area contributed by atoms with Crippen LogP contribution in [0.25, 0.3) is 0 Å². The standard InChI is InChI=1S/C18H20ClNO4/c1-5-24-18(22)15-11(3)20-10(2)14(17(21)23-4)16(15)12-6-8-13(19)9-7-12/h6-9,15-16H,5H2,1-4H3/t15?,16-/m1/s1. The number of hydrogen-bond acceptors (Lipinski definition) is 5. The number of methoxy groups -OCH3 is 1. The van der Waals surface area contributed by atoms with Crippen molar-refractivity contribution in [3.8, 4) is 0 Å². The fourth-order valence-corrected chi connectivity index (χ4v) is 3.11. The largest absolute Gasteiger partial charge is 0.466 e. The summed E-state index contributed by atoms with van der Waals surface area (Å²) in [5.74, 6) is -2.11. The lowest BCUT2D eigenvalue weighted by molar-refractivity contribution is -0.146. The third kappa shape index (κ3) is 3.51. The number of halogens is 1. The summed E-state index contributed by atoms with van der Waals surface area (Å²) in [5.41, 5.74) is 2.30. The average molecular weight is 350 g/mol. The monoisotopic (exact) mass is 349 g/mol. The maximum absolute atomic E-state index is 12.5. The molecule has 0 bridgehead atoms. The molecule has 0 aliphatic carbocycles. The molecule has 128 valence electrons. The topological polar surface area (TPSA) is 65.0 Å². The number of benzene rings is 1. The van der Waals surface area contributed by atoms with Crippen molar-refractivity contribution in [2.24, 2.45) is 10.9 Å². The summed E-state index contributed by atoms with van der Waals surface area (Å²) in [5, 5.41) is 0.577.